The molecular weight excluding hydrogens is 326 g/mol. The Morgan fingerprint density at radius 1 is 0.846 bits per heavy atom. The van der Waals surface area contributed by atoms with Crippen molar-refractivity contribution in [3.63, 3.8) is 0 Å². The molecule has 0 unspecified atom stereocenters. The number of nitro benzene ring substituents is 1. The number of nitrogens with two attached hydrogens (primary N) is 1. The van der Waals surface area contributed by atoms with Gasteiger partial charge in [0.1, 0.15) is 5.56 Å². The highest BCUT2D eigenvalue weighted by Gasteiger charge is 2.15. The van der Waals surface area contributed by atoms with E-state index in [9.17, 15) is 10.1 Å². The molecule has 26 heavy (non-hydrogen) atoms. The molecular formula is C21H13N3O2. The Labute approximate surface area is 150 Å². The second-order valence-corrected chi connectivity index (χ2v) is 5.32. The van der Waals surface area contributed by atoms with Crippen LogP contribution in [0.1, 0.15) is 22.3 Å². The molecule has 0 aliphatic heterocycles. The Morgan fingerprint density at radius 2 is 1.46 bits per heavy atom. The Hall–Kier alpha value is -4.09. The molecule has 3 aromatic rings. The van der Waals surface area contributed by atoms with Gasteiger partial charge in [0.2, 0.25) is 0 Å². The van der Waals surface area contributed by atoms with Crippen LogP contribution in [0, 0.1) is 33.8 Å². The molecule has 1 heterocycles. The van der Waals surface area contributed by atoms with Crippen molar-refractivity contribution in [1.82, 2.24) is 4.98 Å². The summed E-state index contributed by atoms with van der Waals surface area (Å²) < 4.78 is 0. The maximum atomic E-state index is 11.4. The van der Waals surface area contributed by atoms with Crippen molar-refractivity contribution < 1.29 is 4.92 Å². The van der Waals surface area contributed by atoms with Gasteiger partial charge < -0.3 is 5.73 Å². The van der Waals surface area contributed by atoms with Gasteiger partial charge >= 0.3 is 0 Å². The molecule has 124 valence electrons. The van der Waals surface area contributed by atoms with Gasteiger partial charge in [-0.15, -0.1) is 0 Å². The number of nitrogens with zero attached hydrogens (tertiary/aromatic N) is 2. The van der Waals surface area contributed by atoms with Crippen molar-refractivity contribution in [2.24, 2.45) is 0 Å². The lowest BCUT2D eigenvalue weighted by molar-refractivity contribution is -0.385. The van der Waals surface area contributed by atoms with E-state index in [1.54, 1.807) is 24.5 Å². The Bertz CT molecular complexity index is 1070. The van der Waals surface area contributed by atoms with E-state index in [2.05, 4.69) is 28.7 Å². The van der Waals surface area contributed by atoms with E-state index in [1.165, 1.54) is 12.1 Å². The summed E-state index contributed by atoms with van der Waals surface area (Å²) in [5, 5.41) is 11.4. The third-order valence-electron chi connectivity index (χ3n) is 3.50. The summed E-state index contributed by atoms with van der Waals surface area (Å²) in [7, 11) is 0. The molecule has 0 spiro atoms. The number of nitrogen functional groups attached to an aromatic ring is 1. The van der Waals surface area contributed by atoms with Crippen LogP contribution in [0.5, 0.6) is 0 Å². The smallest absolute Gasteiger partial charge is 0.286 e. The van der Waals surface area contributed by atoms with E-state index in [0.717, 1.165) is 11.1 Å². The van der Waals surface area contributed by atoms with E-state index in [0.29, 0.717) is 11.3 Å². The van der Waals surface area contributed by atoms with Crippen LogP contribution in [0.25, 0.3) is 0 Å². The summed E-state index contributed by atoms with van der Waals surface area (Å²) in [5.74, 6) is 11.5. The van der Waals surface area contributed by atoms with Crippen LogP contribution in [0.15, 0.2) is 67.0 Å². The van der Waals surface area contributed by atoms with Gasteiger partial charge in [0.15, 0.2) is 0 Å². The normalized spacial score (nSPS) is 9.38. The van der Waals surface area contributed by atoms with Gasteiger partial charge in [0, 0.05) is 35.3 Å². The first-order valence-corrected chi connectivity index (χ1v) is 7.70. The molecule has 0 saturated heterocycles. The zero-order chi connectivity index (χ0) is 18.4. The fraction of sp³-hybridized carbons (Fsp3) is 0. The summed E-state index contributed by atoms with van der Waals surface area (Å²) in [4.78, 5) is 14.8. The van der Waals surface area contributed by atoms with Gasteiger partial charge in [-0.3, -0.25) is 15.1 Å². The molecule has 5 nitrogen and oxygen atoms in total. The molecule has 2 aromatic carbocycles. The Kier molecular flexibility index (Phi) is 4.93. The maximum Gasteiger partial charge on any atom is 0.286 e. The number of benzene rings is 2. The molecule has 0 aliphatic rings. The molecule has 0 radical (unpaired) electrons. The van der Waals surface area contributed by atoms with Crippen molar-refractivity contribution in [1.29, 1.82) is 0 Å². The van der Waals surface area contributed by atoms with Gasteiger partial charge in [-0.25, -0.2) is 0 Å². The highest BCUT2D eigenvalue weighted by molar-refractivity contribution is 5.68. The molecule has 0 aliphatic carbocycles. The van der Waals surface area contributed by atoms with Crippen LogP contribution in [0.3, 0.4) is 0 Å². The van der Waals surface area contributed by atoms with Gasteiger partial charge in [0.05, 0.1) is 10.5 Å². The third kappa shape index (κ3) is 4.05. The largest absolute Gasteiger partial charge is 0.398 e. The minimum absolute atomic E-state index is 0.123. The van der Waals surface area contributed by atoms with E-state index >= 15 is 0 Å². The maximum absolute atomic E-state index is 11.4. The molecule has 3 rings (SSSR count). The number of rotatable bonds is 1. The summed E-state index contributed by atoms with van der Waals surface area (Å²) >= 11 is 0. The Morgan fingerprint density at radius 3 is 2.12 bits per heavy atom. The van der Waals surface area contributed by atoms with Crippen LogP contribution < -0.4 is 5.73 Å². The zero-order valence-corrected chi connectivity index (χ0v) is 13.6. The van der Waals surface area contributed by atoms with Crippen LogP contribution >= 0.6 is 0 Å². The van der Waals surface area contributed by atoms with E-state index in [4.69, 9.17) is 5.73 Å². The first-order chi connectivity index (χ1) is 12.6. The Balaban J connectivity index is 2.01. The highest BCUT2D eigenvalue weighted by atomic mass is 16.6. The number of pyridine rings is 1. The van der Waals surface area contributed by atoms with E-state index < -0.39 is 4.92 Å². The van der Waals surface area contributed by atoms with Gasteiger partial charge in [-0.05, 0) is 30.3 Å². The van der Waals surface area contributed by atoms with Crippen molar-refractivity contribution in [3.8, 4) is 23.7 Å². The van der Waals surface area contributed by atoms with Crippen molar-refractivity contribution in [3.05, 3.63) is 99.4 Å². The molecule has 0 bridgehead atoms. The number of aromatic nitrogens is 1. The van der Waals surface area contributed by atoms with Crippen molar-refractivity contribution in [2.75, 3.05) is 5.73 Å². The minimum Gasteiger partial charge on any atom is -0.398 e. The van der Waals surface area contributed by atoms with Gasteiger partial charge in [0.25, 0.3) is 5.69 Å². The average molecular weight is 339 g/mol. The monoisotopic (exact) mass is 339 g/mol. The number of anilines is 1. The molecule has 0 atom stereocenters. The number of hydrogen-bond acceptors (Lipinski definition) is 4. The first kappa shape index (κ1) is 16.8. The molecule has 0 fully saturated rings. The summed E-state index contributed by atoms with van der Waals surface area (Å²) in [6, 6.07) is 15.6. The third-order valence-corrected chi connectivity index (χ3v) is 3.50. The number of nitro groups is 1. The summed E-state index contributed by atoms with van der Waals surface area (Å²) in [6.45, 7) is 0. The predicted octanol–water partition coefficient (Wildman–Crippen LogP) is 3.37. The highest BCUT2D eigenvalue weighted by Crippen LogP contribution is 2.24. The second-order valence-electron chi connectivity index (χ2n) is 5.32. The molecule has 0 saturated carbocycles. The second kappa shape index (κ2) is 7.65. The summed E-state index contributed by atoms with van der Waals surface area (Å²) in [6.07, 6.45) is 3.25. The van der Waals surface area contributed by atoms with Crippen LogP contribution in [0.2, 0.25) is 0 Å². The van der Waals surface area contributed by atoms with Crippen LogP contribution in [-0.4, -0.2) is 9.91 Å². The van der Waals surface area contributed by atoms with Crippen LogP contribution in [0.4, 0.5) is 11.4 Å². The van der Waals surface area contributed by atoms with Crippen molar-refractivity contribution in [2.45, 2.75) is 0 Å². The lowest BCUT2D eigenvalue weighted by Crippen LogP contribution is -1.98. The van der Waals surface area contributed by atoms with Gasteiger partial charge in [-0.1, -0.05) is 41.9 Å². The quantitative estimate of drug-likeness (QED) is 0.319. The zero-order valence-electron chi connectivity index (χ0n) is 13.6. The van der Waals surface area contributed by atoms with Crippen LogP contribution in [-0.2, 0) is 0 Å². The molecule has 1 aromatic heterocycles. The fourth-order valence-corrected chi connectivity index (χ4v) is 2.20. The van der Waals surface area contributed by atoms with Crippen molar-refractivity contribution >= 4 is 11.4 Å². The van der Waals surface area contributed by atoms with E-state index in [1.807, 2.05) is 30.3 Å². The predicted molar refractivity (Wildman–Crippen MR) is 100 cm³/mol. The van der Waals surface area contributed by atoms with Gasteiger partial charge in [-0.2, -0.15) is 0 Å². The fourth-order valence-electron chi connectivity index (χ4n) is 2.20. The molecule has 5 heteroatoms. The van der Waals surface area contributed by atoms with E-state index in [-0.39, 0.29) is 11.3 Å². The lowest BCUT2D eigenvalue weighted by Gasteiger charge is -2.01. The minimum atomic E-state index is -0.480. The number of hydrogen-bond donors (Lipinski definition) is 1. The summed E-state index contributed by atoms with van der Waals surface area (Å²) in [5.41, 5.74) is 8.39. The standard InChI is InChI=1S/C21H13N3O2/c22-20-14-19(9-7-16-4-2-1-3-5-16)21(24(25)26)15-18(20)8-6-17-10-12-23-13-11-17/h1-5,10-15H,22H2. The molecule has 0 amide bonds. The first-order valence-electron chi connectivity index (χ1n) is 7.70. The SMILES string of the molecule is Nc1cc(C#Cc2ccccc2)c([N+](=O)[O-])cc1C#Cc1ccncc1. The molecule has 2 N–H and O–H groups in total. The lowest BCUT2D eigenvalue weighted by atomic mass is 10.1. The average Bonchev–Trinajstić information content (AvgIpc) is 2.67. The topological polar surface area (TPSA) is 82.0 Å².